The van der Waals surface area contributed by atoms with Gasteiger partial charge < -0.3 is 10.0 Å². The Morgan fingerprint density at radius 3 is 2.78 bits per heavy atom. The molecule has 0 radical (unpaired) electrons. The molecule has 1 aliphatic rings. The molecule has 2 heterocycles. The molecule has 18 heavy (non-hydrogen) atoms. The summed E-state index contributed by atoms with van der Waals surface area (Å²) < 4.78 is 0. The van der Waals surface area contributed by atoms with Gasteiger partial charge in [-0.15, -0.1) is 0 Å². The normalized spacial score (nSPS) is 21.6. The van der Waals surface area contributed by atoms with Gasteiger partial charge in [-0.1, -0.05) is 20.8 Å². The number of aliphatic hydroxyl groups excluding tert-OH is 1. The summed E-state index contributed by atoms with van der Waals surface area (Å²) in [7, 11) is 0. The molecule has 1 unspecified atom stereocenters. The van der Waals surface area contributed by atoms with Gasteiger partial charge in [-0.3, -0.25) is 4.98 Å². The molecule has 0 aliphatic carbocycles. The van der Waals surface area contributed by atoms with Crippen LogP contribution in [0.5, 0.6) is 0 Å². The van der Waals surface area contributed by atoms with Gasteiger partial charge in [-0.2, -0.15) is 0 Å². The Morgan fingerprint density at radius 2 is 2.22 bits per heavy atom. The van der Waals surface area contributed by atoms with Crippen molar-refractivity contribution in [3.8, 4) is 0 Å². The largest absolute Gasteiger partial charge is 0.387 e. The summed E-state index contributed by atoms with van der Waals surface area (Å²) in [6, 6.07) is 4.69. The minimum Gasteiger partial charge on any atom is -0.387 e. The third kappa shape index (κ3) is 2.66. The number of aromatic nitrogens is 1. The van der Waals surface area contributed by atoms with Crippen molar-refractivity contribution in [1.29, 1.82) is 0 Å². The quantitative estimate of drug-likeness (QED) is 0.889. The van der Waals surface area contributed by atoms with Crippen molar-refractivity contribution in [2.75, 3.05) is 11.4 Å². The SMILES string of the molecule is CC[C@@H](O)c1ccc(N2CCCC2C(C)C)cn1. The van der Waals surface area contributed by atoms with Gasteiger partial charge >= 0.3 is 0 Å². The van der Waals surface area contributed by atoms with E-state index in [1.54, 1.807) is 0 Å². The number of hydrogen-bond acceptors (Lipinski definition) is 3. The molecule has 100 valence electrons. The first kappa shape index (κ1) is 13.3. The first-order chi connectivity index (χ1) is 8.63. The third-order valence-corrected chi connectivity index (χ3v) is 3.90. The molecule has 0 aromatic carbocycles. The molecule has 0 spiro atoms. The van der Waals surface area contributed by atoms with Crippen LogP contribution in [0, 0.1) is 5.92 Å². The molecule has 3 heteroatoms. The second-order valence-electron chi connectivity index (χ2n) is 5.51. The van der Waals surface area contributed by atoms with Crippen LogP contribution in [0.2, 0.25) is 0 Å². The highest BCUT2D eigenvalue weighted by Crippen LogP contribution is 2.29. The van der Waals surface area contributed by atoms with Gasteiger partial charge in [0.05, 0.1) is 23.7 Å². The van der Waals surface area contributed by atoms with E-state index in [0.29, 0.717) is 18.4 Å². The molecule has 1 saturated heterocycles. The number of nitrogens with zero attached hydrogens (tertiary/aromatic N) is 2. The molecule has 2 rings (SSSR count). The predicted octanol–water partition coefficient (Wildman–Crippen LogP) is 3.15. The summed E-state index contributed by atoms with van der Waals surface area (Å²) in [5, 5.41) is 9.75. The van der Waals surface area contributed by atoms with Crippen molar-refractivity contribution in [2.45, 2.75) is 52.2 Å². The van der Waals surface area contributed by atoms with Crippen molar-refractivity contribution in [2.24, 2.45) is 5.92 Å². The van der Waals surface area contributed by atoms with E-state index in [-0.39, 0.29) is 0 Å². The molecule has 0 saturated carbocycles. The van der Waals surface area contributed by atoms with Crippen LogP contribution >= 0.6 is 0 Å². The van der Waals surface area contributed by atoms with Crippen molar-refractivity contribution < 1.29 is 5.11 Å². The standard InChI is InChI=1S/C15H24N2O/c1-4-15(18)13-8-7-12(10-16-13)17-9-5-6-14(17)11(2)3/h7-8,10-11,14-15,18H,4-6,9H2,1-3H3/t14?,15-/m1/s1. The first-order valence-electron chi connectivity index (χ1n) is 7.04. The van der Waals surface area contributed by atoms with Gasteiger partial charge in [0.15, 0.2) is 0 Å². The molecule has 1 aliphatic heterocycles. The summed E-state index contributed by atoms with van der Waals surface area (Å²) in [6.45, 7) is 7.66. The lowest BCUT2D eigenvalue weighted by atomic mass is 10.0. The van der Waals surface area contributed by atoms with Crippen molar-refractivity contribution in [1.82, 2.24) is 4.98 Å². The van der Waals surface area contributed by atoms with Crippen molar-refractivity contribution in [3.63, 3.8) is 0 Å². The van der Waals surface area contributed by atoms with Crippen molar-refractivity contribution in [3.05, 3.63) is 24.0 Å². The highest BCUT2D eigenvalue weighted by Gasteiger charge is 2.27. The van der Waals surface area contributed by atoms with Crippen LogP contribution in [0.1, 0.15) is 51.8 Å². The van der Waals surface area contributed by atoms with Gasteiger partial charge in [-0.25, -0.2) is 0 Å². The predicted molar refractivity (Wildman–Crippen MR) is 74.7 cm³/mol. The number of rotatable bonds is 4. The highest BCUT2D eigenvalue weighted by molar-refractivity contribution is 5.47. The van der Waals surface area contributed by atoms with Gasteiger partial charge in [-0.05, 0) is 37.3 Å². The fourth-order valence-corrected chi connectivity index (χ4v) is 2.78. The summed E-state index contributed by atoms with van der Waals surface area (Å²) >= 11 is 0. The van der Waals surface area contributed by atoms with Crippen LogP contribution < -0.4 is 4.90 Å². The Bertz CT molecular complexity index is 375. The Hall–Kier alpha value is -1.09. The number of hydrogen-bond donors (Lipinski definition) is 1. The molecule has 0 amide bonds. The Morgan fingerprint density at radius 1 is 1.44 bits per heavy atom. The summed E-state index contributed by atoms with van der Waals surface area (Å²) in [5.74, 6) is 0.674. The minimum atomic E-state index is -0.432. The lowest BCUT2D eigenvalue weighted by Crippen LogP contribution is -2.33. The molecule has 2 atom stereocenters. The molecule has 1 aromatic heterocycles. The fourth-order valence-electron chi connectivity index (χ4n) is 2.78. The maximum absolute atomic E-state index is 9.75. The Kier molecular flexibility index (Phi) is 4.23. The van der Waals surface area contributed by atoms with E-state index in [1.165, 1.54) is 18.5 Å². The molecule has 1 N–H and O–H groups in total. The molecule has 1 fully saturated rings. The summed E-state index contributed by atoms with van der Waals surface area (Å²) in [5.41, 5.74) is 1.97. The van der Waals surface area contributed by atoms with E-state index in [9.17, 15) is 5.11 Å². The van der Waals surface area contributed by atoms with Crippen LogP contribution in [0.4, 0.5) is 5.69 Å². The van der Waals surface area contributed by atoms with Gasteiger partial charge in [0, 0.05) is 12.6 Å². The molecule has 1 aromatic rings. The van der Waals surface area contributed by atoms with E-state index in [1.807, 2.05) is 19.2 Å². The number of pyridine rings is 1. The second-order valence-corrected chi connectivity index (χ2v) is 5.51. The molecular formula is C15H24N2O. The molecule has 0 bridgehead atoms. The van der Waals surface area contributed by atoms with E-state index in [4.69, 9.17) is 0 Å². The minimum absolute atomic E-state index is 0.432. The highest BCUT2D eigenvalue weighted by atomic mass is 16.3. The lowest BCUT2D eigenvalue weighted by Gasteiger charge is -2.29. The molecular weight excluding hydrogens is 224 g/mol. The summed E-state index contributed by atoms with van der Waals surface area (Å²) in [4.78, 5) is 6.85. The Labute approximate surface area is 110 Å². The topological polar surface area (TPSA) is 36.4 Å². The van der Waals surface area contributed by atoms with Gasteiger partial charge in [0.1, 0.15) is 0 Å². The van der Waals surface area contributed by atoms with E-state index < -0.39 is 6.10 Å². The van der Waals surface area contributed by atoms with E-state index >= 15 is 0 Å². The van der Waals surface area contributed by atoms with Crippen LogP contribution in [0.15, 0.2) is 18.3 Å². The number of anilines is 1. The average molecular weight is 248 g/mol. The van der Waals surface area contributed by atoms with E-state index in [2.05, 4.69) is 29.8 Å². The second kappa shape index (κ2) is 5.70. The first-order valence-corrected chi connectivity index (χ1v) is 7.04. The number of aliphatic hydroxyl groups is 1. The molecule has 3 nitrogen and oxygen atoms in total. The zero-order valence-electron chi connectivity index (χ0n) is 11.6. The maximum atomic E-state index is 9.75. The fraction of sp³-hybridized carbons (Fsp3) is 0.667. The van der Waals surface area contributed by atoms with Crippen LogP contribution in [-0.2, 0) is 0 Å². The summed E-state index contributed by atoms with van der Waals surface area (Å²) in [6.07, 6.45) is 4.73. The monoisotopic (exact) mass is 248 g/mol. The van der Waals surface area contributed by atoms with Crippen LogP contribution in [0.3, 0.4) is 0 Å². The van der Waals surface area contributed by atoms with Crippen molar-refractivity contribution >= 4 is 5.69 Å². The average Bonchev–Trinajstić information content (AvgIpc) is 2.87. The van der Waals surface area contributed by atoms with Gasteiger partial charge in [0.25, 0.3) is 0 Å². The smallest absolute Gasteiger partial charge is 0.0957 e. The zero-order chi connectivity index (χ0) is 13.1. The van der Waals surface area contributed by atoms with Gasteiger partial charge in [0.2, 0.25) is 0 Å². The zero-order valence-corrected chi connectivity index (χ0v) is 11.6. The lowest BCUT2D eigenvalue weighted by molar-refractivity contribution is 0.169. The van der Waals surface area contributed by atoms with Crippen LogP contribution in [-0.4, -0.2) is 22.7 Å². The third-order valence-electron chi connectivity index (χ3n) is 3.90. The van der Waals surface area contributed by atoms with E-state index in [0.717, 1.165) is 12.2 Å². The Balaban J connectivity index is 2.14. The maximum Gasteiger partial charge on any atom is 0.0957 e. The van der Waals surface area contributed by atoms with Crippen LogP contribution in [0.25, 0.3) is 0 Å².